The van der Waals surface area contributed by atoms with Crippen LogP contribution >= 0.6 is 0 Å². The number of nitrogens with one attached hydrogen (secondary N) is 1. The Kier molecular flexibility index (Phi) is 6.36. The van der Waals surface area contributed by atoms with Crippen LogP contribution in [0.1, 0.15) is 12.5 Å². The van der Waals surface area contributed by atoms with E-state index in [9.17, 15) is 5.26 Å². The number of nitrogens with two attached hydrogens (primary N) is 1. The molecule has 1 heterocycles. The Hall–Kier alpha value is -4.24. The van der Waals surface area contributed by atoms with Crippen molar-refractivity contribution in [3.63, 3.8) is 0 Å². The summed E-state index contributed by atoms with van der Waals surface area (Å²) in [6, 6.07) is 13.1. The number of rotatable bonds is 8. The van der Waals surface area contributed by atoms with E-state index in [2.05, 4.69) is 29.5 Å². The smallest absolute Gasteiger partial charge is 0.144 e. The Bertz CT molecular complexity index is 1160. The third-order valence-corrected chi connectivity index (χ3v) is 4.26. The number of aromatic nitrogens is 1. The maximum atomic E-state index is 9.56. The van der Waals surface area contributed by atoms with E-state index in [-0.39, 0.29) is 0 Å². The van der Waals surface area contributed by atoms with Gasteiger partial charge in [0.2, 0.25) is 0 Å². The second-order valence-electron chi connectivity index (χ2n) is 6.26. The number of ether oxygens (including phenoxy) is 2. The zero-order chi connectivity index (χ0) is 21.5. The average Bonchev–Trinajstić information content (AvgIpc) is 2.76. The molecule has 30 heavy (non-hydrogen) atoms. The molecule has 0 spiro atoms. The Balaban J connectivity index is 1.95. The van der Waals surface area contributed by atoms with Crippen LogP contribution in [0.3, 0.4) is 0 Å². The molecule has 0 bridgehead atoms. The van der Waals surface area contributed by atoms with E-state index in [4.69, 9.17) is 15.2 Å². The topological polar surface area (TPSA) is 93.2 Å². The summed E-state index contributed by atoms with van der Waals surface area (Å²) in [5.74, 6) is 1.82. The van der Waals surface area contributed by atoms with E-state index < -0.39 is 0 Å². The summed E-state index contributed by atoms with van der Waals surface area (Å²) in [7, 11) is 0. The minimum absolute atomic E-state index is 0.411. The molecule has 1 aromatic heterocycles. The standard InChI is InChI=1S/C24H22N4O2/c1-4-7-18(5-2)30-19-10-8-17(9-11-19)28-24-16(14-25)15-27-22-13-23(29-6-3)21(26)12-20(22)24/h4-5,7-13,15H,1-2,6,26H2,3H3,(H,27,28)/b18-7+. The Morgan fingerprint density at radius 3 is 2.67 bits per heavy atom. The highest BCUT2D eigenvalue weighted by molar-refractivity contribution is 5.98. The summed E-state index contributed by atoms with van der Waals surface area (Å²) in [5.41, 5.74) is 9.12. The van der Waals surface area contributed by atoms with Gasteiger partial charge in [0.05, 0.1) is 29.1 Å². The quantitative estimate of drug-likeness (QED) is 0.297. The molecule has 0 fully saturated rings. The minimum Gasteiger partial charge on any atom is -0.492 e. The summed E-state index contributed by atoms with van der Waals surface area (Å²) in [6.07, 6.45) is 6.50. The highest BCUT2D eigenvalue weighted by Crippen LogP contribution is 2.34. The molecule has 0 atom stereocenters. The normalized spacial score (nSPS) is 10.9. The van der Waals surface area contributed by atoms with Crippen LogP contribution in [-0.4, -0.2) is 11.6 Å². The number of hydrogen-bond acceptors (Lipinski definition) is 6. The molecule has 0 radical (unpaired) electrons. The molecule has 3 rings (SSSR count). The van der Waals surface area contributed by atoms with Gasteiger partial charge in [-0.3, -0.25) is 4.98 Å². The van der Waals surface area contributed by atoms with Crippen molar-refractivity contribution in [1.29, 1.82) is 5.26 Å². The van der Waals surface area contributed by atoms with Crippen molar-refractivity contribution < 1.29 is 9.47 Å². The predicted molar refractivity (Wildman–Crippen MR) is 121 cm³/mol. The van der Waals surface area contributed by atoms with Crippen LogP contribution in [0.5, 0.6) is 11.5 Å². The van der Waals surface area contributed by atoms with Crippen molar-refractivity contribution in [2.45, 2.75) is 6.92 Å². The van der Waals surface area contributed by atoms with Crippen molar-refractivity contribution in [2.75, 3.05) is 17.7 Å². The number of hydrogen-bond donors (Lipinski definition) is 2. The molecule has 3 aromatic rings. The van der Waals surface area contributed by atoms with E-state index in [1.807, 2.05) is 31.2 Å². The highest BCUT2D eigenvalue weighted by Gasteiger charge is 2.13. The first kappa shape index (κ1) is 20.5. The Morgan fingerprint density at radius 2 is 2.03 bits per heavy atom. The first-order valence-electron chi connectivity index (χ1n) is 9.34. The fourth-order valence-corrected chi connectivity index (χ4v) is 2.88. The van der Waals surface area contributed by atoms with Gasteiger partial charge in [-0.2, -0.15) is 5.26 Å². The zero-order valence-electron chi connectivity index (χ0n) is 16.7. The lowest BCUT2D eigenvalue weighted by molar-refractivity contribution is 0.342. The van der Waals surface area contributed by atoms with Gasteiger partial charge in [-0.1, -0.05) is 19.2 Å². The summed E-state index contributed by atoms with van der Waals surface area (Å²) in [4.78, 5) is 4.37. The van der Waals surface area contributed by atoms with Crippen LogP contribution in [0.4, 0.5) is 17.1 Å². The molecule has 0 saturated carbocycles. The highest BCUT2D eigenvalue weighted by atomic mass is 16.5. The summed E-state index contributed by atoms with van der Waals surface area (Å²) >= 11 is 0. The van der Waals surface area contributed by atoms with E-state index in [1.165, 1.54) is 6.20 Å². The van der Waals surface area contributed by atoms with Crippen molar-refractivity contribution >= 4 is 28.0 Å². The third-order valence-electron chi connectivity index (χ3n) is 4.26. The van der Waals surface area contributed by atoms with Crippen molar-refractivity contribution in [3.05, 3.63) is 85.3 Å². The summed E-state index contributed by atoms with van der Waals surface area (Å²) in [5, 5.41) is 13.6. The fraction of sp³-hybridized carbons (Fsp3) is 0.0833. The predicted octanol–water partition coefficient (Wildman–Crippen LogP) is 5.47. The largest absolute Gasteiger partial charge is 0.492 e. The van der Waals surface area contributed by atoms with Crippen molar-refractivity contribution in [2.24, 2.45) is 0 Å². The second kappa shape index (κ2) is 9.30. The molecule has 150 valence electrons. The van der Waals surface area contributed by atoms with Crippen LogP contribution in [0, 0.1) is 11.3 Å². The van der Waals surface area contributed by atoms with E-state index in [1.54, 1.807) is 30.4 Å². The Morgan fingerprint density at radius 1 is 1.27 bits per heavy atom. The molecule has 3 N–H and O–H groups in total. The van der Waals surface area contributed by atoms with Gasteiger partial charge in [0, 0.05) is 23.3 Å². The van der Waals surface area contributed by atoms with Gasteiger partial charge in [-0.05, 0) is 49.4 Å². The molecule has 0 aliphatic carbocycles. The molecule has 0 aliphatic heterocycles. The summed E-state index contributed by atoms with van der Waals surface area (Å²) < 4.78 is 11.3. The van der Waals surface area contributed by atoms with Gasteiger partial charge in [0.15, 0.2) is 0 Å². The molecule has 0 amide bonds. The van der Waals surface area contributed by atoms with Gasteiger partial charge < -0.3 is 20.5 Å². The van der Waals surface area contributed by atoms with Crippen LogP contribution in [0.2, 0.25) is 0 Å². The number of pyridine rings is 1. The van der Waals surface area contributed by atoms with E-state index in [0.717, 1.165) is 11.1 Å². The van der Waals surface area contributed by atoms with Crippen molar-refractivity contribution in [1.82, 2.24) is 4.98 Å². The summed E-state index contributed by atoms with van der Waals surface area (Å²) in [6.45, 7) is 9.76. The second-order valence-corrected chi connectivity index (χ2v) is 6.26. The monoisotopic (exact) mass is 398 g/mol. The van der Waals surface area contributed by atoms with Crippen molar-refractivity contribution in [3.8, 4) is 17.6 Å². The number of fused-ring (bicyclic) bond motifs is 1. The van der Waals surface area contributed by atoms with Gasteiger partial charge in [-0.15, -0.1) is 0 Å². The molecule has 6 heteroatoms. The van der Waals surface area contributed by atoms with Crippen LogP contribution in [0.15, 0.2) is 79.7 Å². The lowest BCUT2D eigenvalue weighted by Crippen LogP contribution is -2.00. The number of nitrogens with zero attached hydrogens (tertiary/aromatic N) is 2. The lowest BCUT2D eigenvalue weighted by Gasteiger charge is -2.14. The molecular formula is C24H22N4O2. The fourth-order valence-electron chi connectivity index (χ4n) is 2.88. The number of nitriles is 1. The van der Waals surface area contributed by atoms with E-state index in [0.29, 0.717) is 46.3 Å². The minimum atomic E-state index is 0.411. The van der Waals surface area contributed by atoms with Crippen LogP contribution < -0.4 is 20.5 Å². The Labute approximate surface area is 175 Å². The first-order valence-corrected chi connectivity index (χ1v) is 9.34. The maximum Gasteiger partial charge on any atom is 0.144 e. The molecule has 0 saturated heterocycles. The molecular weight excluding hydrogens is 376 g/mol. The molecule has 2 aromatic carbocycles. The number of benzene rings is 2. The number of allylic oxidation sites excluding steroid dienone is 3. The van der Waals surface area contributed by atoms with E-state index >= 15 is 0 Å². The lowest BCUT2D eigenvalue weighted by atomic mass is 10.1. The van der Waals surface area contributed by atoms with Gasteiger partial charge >= 0.3 is 0 Å². The first-order chi connectivity index (χ1) is 14.6. The number of nitrogen functional groups attached to an aromatic ring is 1. The zero-order valence-corrected chi connectivity index (χ0v) is 16.7. The third kappa shape index (κ3) is 4.42. The SMILES string of the molecule is C=C/C=C(\C=C)Oc1ccc(Nc2c(C#N)cnc3cc(OCC)c(N)cc23)cc1. The van der Waals surface area contributed by atoms with Gasteiger partial charge in [-0.25, -0.2) is 0 Å². The van der Waals surface area contributed by atoms with Crippen LogP contribution in [-0.2, 0) is 0 Å². The maximum absolute atomic E-state index is 9.56. The van der Waals surface area contributed by atoms with Gasteiger partial charge in [0.25, 0.3) is 0 Å². The molecule has 0 unspecified atom stereocenters. The van der Waals surface area contributed by atoms with Crippen LogP contribution in [0.25, 0.3) is 10.9 Å². The number of anilines is 3. The van der Waals surface area contributed by atoms with Gasteiger partial charge in [0.1, 0.15) is 23.3 Å². The average molecular weight is 398 g/mol. The molecule has 6 nitrogen and oxygen atoms in total. The molecule has 0 aliphatic rings.